The molecule has 2 amide bonds. The molecule has 0 saturated carbocycles. The fraction of sp³-hybridized carbons (Fsp3) is 0.333. The molecule has 3 rings (SSSR count). The second-order valence-electron chi connectivity index (χ2n) is 9.71. The summed E-state index contributed by atoms with van der Waals surface area (Å²) in [5.74, 6) is -0.586. The summed E-state index contributed by atoms with van der Waals surface area (Å²) in [6.07, 6.45) is 2.85. The van der Waals surface area contributed by atoms with Crippen LogP contribution < -0.4 is 14.4 Å². The topological polar surface area (TPSA) is 96.0 Å². The van der Waals surface area contributed by atoms with Crippen LogP contribution in [0.2, 0.25) is 15.1 Å². The quantitative estimate of drug-likeness (QED) is 0.216. The number of ether oxygens (including phenoxy) is 1. The van der Waals surface area contributed by atoms with Crippen LogP contribution in [0.4, 0.5) is 5.69 Å². The summed E-state index contributed by atoms with van der Waals surface area (Å²) >= 11 is 18.7. The van der Waals surface area contributed by atoms with Gasteiger partial charge in [0, 0.05) is 19.5 Å². The zero-order valence-electron chi connectivity index (χ0n) is 23.6. The molecule has 0 bridgehead atoms. The van der Waals surface area contributed by atoms with Crippen LogP contribution in [0.25, 0.3) is 0 Å². The third-order valence-electron chi connectivity index (χ3n) is 6.54. The molecule has 1 atom stereocenters. The lowest BCUT2D eigenvalue weighted by Crippen LogP contribution is -2.53. The SMILES string of the molecule is CCCCNC(=O)C(Cc1ccccc1)N(Cc1ccc(Cl)c(Cl)c1)C(=O)CN(c1ccc(OC)c(Cl)c1)S(C)(=O)=O. The van der Waals surface area contributed by atoms with Crippen LogP contribution in [0.15, 0.2) is 66.7 Å². The van der Waals surface area contributed by atoms with E-state index in [-0.39, 0.29) is 29.6 Å². The highest BCUT2D eigenvalue weighted by atomic mass is 35.5. The molecule has 0 aliphatic rings. The molecule has 3 aromatic carbocycles. The summed E-state index contributed by atoms with van der Waals surface area (Å²) in [6.45, 7) is 1.86. The second kappa shape index (κ2) is 15.5. The van der Waals surface area contributed by atoms with Crippen LogP contribution in [0.1, 0.15) is 30.9 Å². The van der Waals surface area contributed by atoms with E-state index in [9.17, 15) is 18.0 Å². The monoisotopic (exact) mass is 653 g/mol. The molecule has 0 aliphatic carbocycles. The fourth-order valence-electron chi connectivity index (χ4n) is 4.32. The number of carbonyl (C=O) groups is 2. The van der Waals surface area contributed by atoms with E-state index in [1.54, 1.807) is 18.2 Å². The van der Waals surface area contributed by atoms with E-state index in [4.69, 9.17) is 39.5 Å². The highest BCUT2D eigenvalue weighted by molar-refractivity contribution is 7.92. The molecule has 0 fully saturated rings. The van der Waals surface area contributed by atoms with Gasteiger partial charge in [-0.1, -0.05) is 84.5 Å². The molecule has 0 heterocycles. The molecule has 1 N–H and O–H groups in total. The van der Waals surface area contributed by atoms with E-state index in [1.165, 1.54) is 30.2 Å². The number of nitrogens with zero attached hydrogens (tertiary/aromatic N) is 2. The van der Waals surface area contributed by atoms with E-state index in [0.29, 0.717) is 27.9 Å². The van der Waals surface area contributed by atoms with Gasteiger partial charge < -0.3 is 15.0 Å². The summed E-state index contributed by atoms with van der Waals surface area (Å²) in [7, 11) is -2.50. The molecule has 3 aromatic rings. The number of unbranched alkanes of at least 4 members (excludes halogenated alkanes) is 1. The number of amides is 2. The molecule has 0 aliphatic heterocycles. The maximum absolute atomic E-state index is 14.1. The summed E-state index contributed by atoms with van der Waals surface area (Å²) in [5.41, 5.74) is 1.63. The minimum absolute atomic E-state index is 0.0185. The van der Waals surface area contributed by atoms with Crippen molar-refractivity contribution in [3.05, 3.63) is 92.9 Å². The number of benzene rings is 3. The fourth-order valence-corrected chi connectivity index (χ4v) is 5.73. The molecule has 0 saturated heterocycles. The first-order valence-electron chi connectivity index (χ1n) is 13.3. The molecule has 1 unspecified atom stereocenters. The highest BCUT2D eigenvalue weighted by Gasteiger charge is 2.33. The lowest BCUT2D eigenvalue weighted by atomic mass is 10.0. The van der Waals surface area contributed by atoms with Crippen molar-refractivity contribution in [2.75, 3.05) is 30.8 Å². The van der Waals surface area contributed by atoms with Crippen LogP contribution in [0.5, 0.6) is 5.75 Å². The van der Waals surface area contributed by atoms with Crippen molar-refractivity contribution in [3.63, 3.8) is 0 Å². The van der Waals surface area contributed by atoms with E-state index < -0.39 is 28.5 Å². The Hall–Kier alpha value is -2.98. The standard InChI is InChI=1S/C30H34Cl3N3O5S/c1-4-5-15-34-30(38)27(17-21-9-7-6-8-10-21)35(19-22-11-13-24(31)25(32)16-22)29(37)20-36(42(3,39)40)23-12-14-28(41-2)26(33)18-23/h6-14,16,18,27H,4-5,15,17,19-20H2,1-3H3,(H,34,38). The van der Waals surface area contributed by atoms with Gasteiger partial charge in [-0.25, -0.2) is 8.42 Å². The lowest BCUT2D eigenvalue weighted by molar-refractivity contribution is -0.140. The first-order valence-corrected chi connectivity index (χ1v) is 16.3. The predicted octanol–water partition coefficient (Wildman–Crippen LogP) is 5.98. The third kappa shape index (κ3) is 9.26. The minimum Gasteiger partial charge on any atom is -0.495 e. The zero-order chi connectivity index (χ0) is 30.9. The summed E-state index contributed by atoms with van der Waals surface area (Å²) in [4.78, 5) is 29.1. The maximum atomic E-state index is 14.1. The van der Waals surface area contributed by atoms with E-state index in [0.717, 1.165) is 29.0 Å². The first-order chi connectivity index (χ1) is 19.9. The molecule has 8 nitrogen and oxygen atoms in total. The van der Waals surface area contributed by atoms with E-state index in [2.05, 4.69) is 5.32 Å². The van der Waals surface area contributed by atoms with E-state index in [1.807, 2.05) is 37.3 Å². The van der Waals surface area contributed by atoms with Gasteiger partial charge in [-0.2, -0.15) is 0 Å². The van der Waals surface area contributed by atoms with Crippen molar-refractivity contribution in [1.82, 2.24) is 10.2 Å². The van der Waals surface area contributed by atoms with Crippen molar-refractivity contribution < 1.29 is 22.7 Å². The normalized spacial score (nSPS) is 12.0. The van der Waals surface area contributed by atoms with Gasteiger partial charge in [0.25, 0.3) is 0 Å². The van der Waals surface area contributed by atoms with Gasteiger partial charge in [0.1, 0.15) is 18.3 Å². The Balaban J connectivity index is 2.06. The smallest absolute Gasteiger partial charge is 0.244 e. The number of nitrogens with one attached hydrogen (secondary N) is 1. The summed E-state index contributed by atoms with van der Waals surface area (Å²) in [5, 5.41) is 3.75. The summed E-state index contributed by atoms with van der Waals surface area (Å²) in [6, 6.07) is 17.7. The van der Waals surface area contributed by atoms with Crippen molar-refractivity contribution >= 4 is 62.3 Å². The number of anilines is 1. The van der Waals surface area contributed by atoms with Crippen molar-refractivity contribution in [2.24, 2.45) is 0 Å². The first kappa shape index (κ1) is 33.5. The molecule has 12 heteroatoms. The molecule has 0 radical (unpaired) electrons. The number of hydrogen-bond acceptors (Lipinski definition) is 5. The number of hydrogen-bond donors (Lipinski definition) is 1. The van der Waals surface area contributed by atoms with Gasteiger partial charge >= 0.3 is 0 Å². The molecule has 42 heavy (non-hydrogen) atoms. The number of rotatable bonds is 14. The molecular formula is C30H34Cl3N3O5S. The Kier molecular flexibility index (Phi) is 12.4. The number of sulfonamides is 1. The molecule has 0 aromatic heterocycles. The van der Waals surface area contributed by atoms with Gasteiger partial charge in [-0.05, 0) is 47.9 Å². The number of carbonyl (C=O) groups excluding carboxylic acids is 2. The molecule has 226 valence electrons. The maximum Gasteiger partial charge on any atom is 0.244 e. The zero-order valence-corrected chi connectivity index (χ0v) is 26.7. The van der Waals surface area contributed by atoms with Crippen molar-refractivity contribution in [3.8, 4) is 5.75 Å². The average molecular weight is 655 g/mol. The van der Waals surface area contributed by atoms with Crippen LogP contribution in [0, 0.1) is 0 Å². The van der Waals surface area contributed by atoms with Gasteiger partial charge in [0.15, 0.2) is 0 Å². The Morgan fingerprint density at radius 2 is 1.64 bits per heavy atom. The van der Waals surface area contributed by atoms with E-state index >= 15 is 0 Å². The lowest BCUT2D eigenvalue weighted by Gasteiger charge is -2.33. The second-order valence-corrected chi connectivity index (χ2v) is 12.8. The highest BCUT2D eigenvalue weighted by Crippen LogP contribution is 2.31. The number of halogens is 3. The van der Waals surface area contributed by atoms with Crippen LogP contribution in [-0.2, 0) is 32.6 Å². The van der Waals surface area contributed by atoms with Crippen LogP contribution in [0.3, 0.4) is 0 Å². The Morgan fingerprint density at radius 3 is 2.24 bits per heavy atom. The van der Waals surface area contributed by atoms with Gasteiger partial charge in [0.2, 0.25) is 21.8 Å². The molecule has 0 spiro atoms. The predicted molar refractivity (Wildman–Crippen MR) is 169 cm³/mol. The summed E-state index contributed by atoms with van der Waals surface area (Å²) < 4.78 is 32.0. The number of methoxy groups -OCH3 is 1. The molecular weight excluding hydrogens is 621 g/mol. The Bertz CT molecular complexity index is 1490. The Labute approximate surface area is 262 Å². The van der Waals surface area contributed by atoms with Crippen molar-refractivity contribution in [2.45, 2.75) is 38.8 Å². The van der Waals surface area contributed by atoms with Gasteiger partial charge in [0.05, 0.1) is 34.1 Å². The largest absolute Gasteiger partial charge is 0.495 e. The van der Waals surface area contributed by atoms with Crippen LogP contribution >= 0.6 is 34.8 Å². The Morgan fingerprint density at radius 1 is 0.929 bits per heavy atom. The van der Waals surface area contributed by atoms with Gasteiger partial charge in [-0.15, -0.1) is 0 Å². The van der Waals surface area contributed by atoms with Crippen LogP contribution in [-0.4, -0.2) is 57.6 Å². The average Bonchev–Trinajstić information content (AvgIpc) is 2.95. The third-order valence-corrected chi connectivity index (χ3v) is 8.72. The minimum atomic E-state index is -3.94. The van der Waals surface area contributed by atoms with Gasteiger partial charge in [-0.3, -0.25) is 13.9 Å². The van der Waals surface area contributed by atoms with Crippen molar-refractivity contribution in [1.29, 1.82) is 0 Å².